The summed E-state index contributed by atoms with van der Waals surface area (Å²) in [5, 5.41) is 15.8. The Labute approximate surface area is 175 Å². The Morgan fingerprint density at radius 1 is 1.28 bits per heavy atom. The van der Waals surface area contributed by atoms with E-state index in [2.05, 4.69) is 25.8 Å². The summed E-state index contributed by atoms with van der Waals surface area (Å²) in [7, 11) is 1.93. The van der Waals surface area contributed by atoms with Crippen molar-refractivity contribution in [2.24, 2.45) is 12.0 Å². The molecule has 0 aliphatic carbocycles. The van der Waals surface area contributed by atoms with Gasteiger partial charge in [-0.2, -0.15) is 0 Å². The SMILES string of the molecule is CCNC(=NCc1nnc(C)n1C)NC(C)c1ccc(Cl)c(Cl)c1.I. The van der Waals surface area contributed by atoms with Crippen LogP contribution in [0.3, 0.4) is 0 Å². The molecule has 25 heavy (non-hydrogen) atoms. The molecule has 2 N–H and O–H groups in total. The first kappa shape index (κ1) is 22.0. The summed E-state index contributed by atoms with van der Waals surface area (Å²) in [6, 6.07) is 5.63. The Morgan fingerprint density at radius 2 is 2.00 bits per heavy atom. The van der Waals surface area contributed by atoms with Crippen LogP contribution in [0, 0.1) is 6.92 Å². The summed E-state index contributed by atoms with van der Waals surface area (Å²) in [6.45, 7) is 7.18. The maximum Gasteiger partial charge on any atom is 0.192 e. The molecule has 2 rings (SSSR count). The van der Waals surface area contributed by atoms with E-state index in [0.717, 1.165) is 23.8 Å². The first-order valence-corrected chi connectivity index (χ1v) is 8.52. The van der Waals surface area contributed by atoms with Gasteiger partial charge in [0.25, 0.3) is 0 Å². The lowest BCUT2D eigenvalue weighted by atomic mass is 10.1. The molecule has 6 nitrogen and oxygen atoms in total. The molecule has 1 heterocycles. The van der Waals surface area contributed by atoms with E-state index in [1.165, 1.54) is 0 Å². The van der Waals surface area contributed by atoms with Crippen LogP contribution in [0.25, 0.3) is 0 Å². The van der Waals surface area contributed by atoms with Gasteiger partial charge in [0.1, 0.15) is 12.4 Å². The van der Waals surface area contributed by atoms with E-state index in [0.29, 0.717) is 22.5 Å². The van der Waals surface area contributed by atoms with Gasteiger partial charge < -0.3 is 15.2 Å². The van der Waals surface area contributed by atoms with E-state index < -0.39 is 0 Å². The molecule has 0 radical (unpaired) electrons. The molecular weight excluding hydrogens is 474 g/mol. The van der Waals surface area contributed by atoms with Gasteiger partial charge >= 0.3 is 0 Å². The van der Waals surface area contributed by atoms with Gasteiger partial charge in [0.05, 0.1) is 16.1 Å². The zero-order chi connectivity index (χ0) is 17.7. The van der Waals surface area contributed by atoms with Gasteiger partial charge in [0.15, 0.2) is 11.8 Å². The van der Waals surface area contributed by atoms with Crippen molar-refractivity contribution in [1.82, 2.24) is 25.4 Å². The van der Waals surface area contributed by atoms with E-state index in [1.807, 2.05) is 44.5 Å². The molecule has 0 fully saturated rings. The number of aryl methyl sites for hydroxylation is 1. The second kappa shape index (κ2) is 10.2. The van der Waals surface area contributed by atoms with Gasteiger partial charge in [-0.15, -0.1) is 34.2 Å². The molecule has 0 saturated heterocycles. The fourth-order valence-corrected chi connectivity index (χ4v) is 2.44. The van der Waals surface area contributed by atoms with Crippen LogP contribution in [-0.2, 0) is 13.6 Å². The van der Waals surface area contributed by atoms with Crippen molar-refractivity contribution in [3.63, 3.8) is 0 Å². The first-order valence-electron chi connectivity index (χ1n) is 7.77. The minimum absolute atomic E-state index is 0. The van der Waals surface area contributed by atoms with Gasteiger partial charge in [-0.1, -0.05) is 29.3 Å². The minimum Gasteiger partial charge on any atom is -0.357 e. The fourth-order valence-electron chi connectivity index (χ4n) is 2.13. The van der Waals surface area contributed by atoms with Crippen LogP contribution in [0.15, 0.2) is 23.2 Å². The van der Waals surface area contributed by atoms with Crippen LogP contribution in [0.4, 0.5) is 0 Å². The number of aliphatic imine (C=N–C) groups is 1. The Morgan fingerprint density at radius 3 is 2.56 bits per heavy atom. The molecule has 1 aromatic carbocycles. The highest BCUT2D eigenvalue weighted by Crippen LogP contribution is 2.25. The van der Waals surface area contributed by atoms with E-state index in [4.69, 9.17) is 23.2 Å². The molecule has 138 valence electrons. The third-order valence-electron chi connectivity index (χ3n) is 3.70. The number of hydrogen-bond acceptors (Lipinski definition) is 3. The molecular formula is C16H23Cl2IN6. The average Bonchev–Trinajstić information content (AvgIpc) is 2.87. The van der Waals surface area contributed by atoms with Crippen molar-refractivity contribution in [3.05, 3.63) is 45.5 Å². The number of halogens is 3. The molecule has 2 aromatic rings. The van der Waals surface area contributed by atoms with E-state index >= 15 is 0 Å². The van der Waals surface area contributed by atoms with Crippen molar-refractivity contribution in [2.75, 3.05) is 6.54 Å². The van der Waals surface area contributed by atoms with E-state index in [-0.39, 0.29) is 30.0 Å². The van der Waals surface area contributed by atoms with Gasteiger partial charge in [0, 0.05) is 13.6 Å². The Kier molecular flexibility index (Phi) is 8.95. The van der Waals surface area contributed by atoms with Crippen LogP contribution in [0.5, 0.6) is 0 Å². The van der Waals surface area contributed by atoms with Gasteiger partial charge in [0.2, 0.25) is 0 Å². The summed E-state index contributed by atoms with van der Waals surface area (Å²) in [5.41, 5.74) is 1.03. The first-order chi connectivity index (χ1) is 11.4. The lowest BCUT2D eigenvalue weighted by molar-refractivity contribution is 0.681. The summed E-state index contributed by atoms with van der Waals surface area (Å²) in [5.74, 6) is 2.38. The Balaban J connectivity index is 0.00000312. The lowest BCUT2D eigenvalue weighted by Crippen LogP contribution is -2.38. The summed E-state index contributed by atoms with van der Waals surface area (Å²) in [6.07, 6.45) is 0. The van der Waals surface area contributed by atoms with Crippen LogP contribution in [-0.4, -0.2) is 27.3 Å². The topological polar surface area (TPSA) is 67.1 Å². The van der Waals surface area contributed by atoms with Crippen molar-refractivity contribution < 1.29 is 0 Å². The zero-order valence-electron chi connectivity index (χ0n) is 14.7. The van der Waals surface area contributed by atoms with Gasteiger partial charge in [-0.25, -0.2) is 4.99 Å². The number of rotatable bonds is 5. The third kappa shape index (κ3) is 6.00. The van der Waals surface area contributed by atoms with E-state index in [1.54, 1.807) is 6.07 Å². The normalized spacial score (nSPS) is 12.5. The average molecular weight is 497 g/mol. The van der Waals surface area contributed by atoms with Crippen molar-refractivity contribution in [2.45, 2.75) is 33.4 Å². The molecule has 1 aromatic heterocycles. The number of nitrogens with zero attached hydrogens (tertiary/aromatic N) is 4. The number of aromatic nitrogens is 3. The maximum atomic E-state index is 6.09. The molecule has 0 amide bonds. The van der Waals surface area contributed by atoms with Gasteiger partial charge in [-0.3, -0.25) is 0 Å². The van der Waals surface area contributed by atoms with E-state index in [9.17, 15) is 0 Å². The molecule has 0 saturated carbocycles. The largest absolute Gasteiger partial charge is 0.357 e. The van der Waals surface area contributed by atoms with Crippen LogP contribution >= 0.6 is 47.2 Å². The summed E-state index contributed by atoms with van der Waals surface area (Å²) < 4.78 is 1.93. The molecule has 1 unspecified atom stereocenters. The second-order valence-corrected chi connectivity index (χ2v) is 6.27. The predicted molar refractivity (Wildman–Crippen MR) is 114 cm³/mol. The standard InChI is InChI=1S/C16H22Cl2N6.HI/c1-5-19-16(20-9-15-23-22-11(3)24(15)4)21-10(2)12-6-7-13(17)14(18)8-12;/h6-8,10H,5,9H2,1-4H3,(H2,19,20,21);1H. The monoisotopic (exact) mass is 496 g/mol. The molecule has 1 atom stereocenters. The van der Waals surface area contributed by atoms with Crippen LogP contribution < -0.4 is 10.6 Å². The fraction of sp³-hybridized carbons (Fsp3) is 0.438. The number of guanidine groups is 1. The third-order valence-corrected chi connectivity index (χ3v) is 4.44. The molecule has 0 bridgehead atoms. The van der Waals surface area contributed by atoms with Crippen LogP contribution in [0.2, 0.25) is 10.0 Å². The number of nitrogens with one attached hydrogen (secondary N) is 2. The quantitative estimate of drug-likeness (QED) is 0.374. The smallest absolute Gasteiger partial charge is 0.192 e. The highest BCUT2D eigenvalue weighted by atomic mass is 127. The number of benzene rings is 1. The van der Waals surface area contributed by atoms with Gasteiger partial charge in [-0.05, 0) is 38.5 Å². The van der Waals surface area contributed by atoms with Crippen LogP contribution in [0.1, 0.15) is 37.1 Å². The van der Waals surface area contributed by atoms with Crippen molar-refractivity contribution in [1.29, 1.82) is 0 Å². The Hall–Kier alpha value is -1.06. The summed E-state index contributed by atoms with van der Waals surface area (Å²) >= 11 is 12.1. The lowest BCUT2D eigenvalue weighted by Gasteiger charge is -2.18. The molecule has 0 aliphatic heterocycles. The molecule has 0 spiro atoms. The number of hydrogen-bond donors (Lipinski definition) is 2. The highest BCUT2D eigenvalue weighted by molar-refractivity contribution is 14.0. The minimum atomic E-state index is 0. The Bertz CT molecular complexity index is 731. The van der Waals surface area contributed by atoms with Crippen molar-refractivity contribution in [3.8, 4) is 0 Å². The predicted octanol–water partition coefficient (Wildman–Crippen LogP) is 3.86. The maximum absolute atomic E-state index is 6.09. The van der Waals surface area contributed by atoms with Crippen molar-refractivity contribution >= 4 is 53.1 Å². The molecule has 9 heteroatoms. The zero-order valence-corrected chi connectivity index (χ0v) is 18.5. The highest BCUT2D eigenvalue weighted by Gasteiger charge is 2.10. The second-order valence-electron chi connectivity index (χ2n) is 5.46. The molecule has 0 aliphatic rings. The summed E-state index contributed by atoms with van der Waals surface area (Å²) in [4.78, 5) is 4.58.